The van der Waals surface area contributed by atoms with Crippen LogP contribution < -0.4 is 5.73 Å². The predicted octanol–water partition coefficient (Wildman–Crippen LogP) is 1.65. The van der Waals surface area contributed by atoms with Crippen molar-refractivity contribution < 1.29 is 8.42 Å². The van der Waals surface area contributed by atoms with E-state index in [-0.39, 0.29) is 18.1 Å². The molecule has 0 fully saturated rings. The molecule has 2 aromatic rings. The highest BCUT2D eigenvalue weighted by Gasteiger charge is 2.28. The number of hydrogen-bond donors (Lipinski definition) is 2. The Morgan fingerprint density at radius 2 is 2.05 bits per heavy atom. The van der Waals surface area contributed by atoms with Gasteiger partial charge in [-0.05, 0) is 18.6 Å². The summed E-state index contributed by atoms with van der Waals surface area (Å²) in [5.74, 6) is 0. The van der Waals surface area contributed by atoms with Crippen molar-refractivity contribution in [3.63, 3.8) is 0 Å². The summed E-state index contributed by atoms with van der Waals surface area (Å²) in [6.07, 6.45) is 0. The average molecular weight is 329 g/mol. The number of nitrogens with zero attached hydrogens (tertiary/aromatic N) is 2. The zero-order valence-corrected chi connectivity index (χ0v) is 13.4. The molecule has 0 amide bonds. The zero-order chi connectivity index (χ0) is 15.6. The van der Waals surface area contributed by atoms with Crippen LogP contribution in [0, 0.1) is 6.92 Å². The fourth-order valence-electron chi connectivity index (χ4n) is 1.98. The molecule has 0 bridgehead atoms. The summed E-state index contributed by atoms with van der Waals surface area (Å²) in [5, 5.41) is 7.03. The zero-order valence-electron chi connectivity index (χ0n) is 11.8. The van der Waals surface area contributed by atoms with E-state index in [1.807, 2.05) is 6.07 Å². The summed E-state index contributed by atoms with van der Waals surface area (Å²) >= 11 is 6.06. The monoisotopic (exact) mass is 328 g/mol. The summed E-state index contributed by atoms with van der Waals surface area (Å²) in [6, 6.07) is 7.12. The lowest BCUT2D eigenvalue weighted by atomic mass is 10.2. The van der Waals surface area contributed by atoms with Crippen molar-refractivity contribution in [2.45, 2.75) is 25.0 Å². The van der Waals surface area contributed by atoms with Gasteiger partial charge >= 0.3 is 0 Å². The fourth-order valence-corrected chi connectivity index (χ4v) is 3.49. The molecular weight excluding hydrogens is 312 g/mol. The van der Waals surface area contributed by atoms with Crippen molar-refractivity contribution >= 4 is 21.6 Å². The minimum atomic E-state index is -3.72. The first kappa shape index (κ1) is 16.0. The first-order valence-corrected chi connectivity index (χ1v) is 8.13. The first-order valence-electron chi connectivity index (χ1n) is 6.31. The lowest BCUT2D eigenvalue weighted by Crippen LogP contribution is -2.28. The quantitative estimate of drug-likeness (QED) is 0.873. The fraction of sp³-hybridized carbons (Fsp3) is 0.308. The van der Waals surface area contributed by atoms with Crippen LogP contribution in [-0.2, 0) is 23.1 Å². The summed E-state index contributed by atoms with van der Waals surface area (Å²) in [5.41, 5.74) is 7.49. The van der Waals surface area contributed by atoms with E-state index in [0.29, 0.717) is 16.3 Å². The average Bonchev–Trinajstić information content (AvgIpc) is 2.82. The standard InChI is InChI=1S/C13H17ClN4O2S/c1-9-11(7-15)13(17-16-9)21(19,20)18(2)8-10-5-3-4-6-12(10)14/h3-6H,7-8,15H2,1-2H3,(H,16,17). The molecule has 1 aromatic carbocycles. The molecule has 114 valence electrons. The molecule has 6 nitrogen and oxygen atoms in total. The summed E-state index contributed by atoms with van der Waals surface area (Å²) in [7, 11) is -2.23. The van der Waals surface area contributed by atoms with Gasteiger partial charge in [0.05, 0.1) is 0 Å². The van der Waals surface area contributed by atoms with Crippen LogP contribution in [0.2, 0.25) is 5.02 Å². The second-order valence-corrected chi connectivity index (χ2v) is 7.06. The molecule has 0 aliphatic heterocycles. The third-order valence-corrected chi connectivity index (χ3v) is 5.39. The number of nitrogens with one attached hydrogen (secondary N) is 1. The van der Waals surface area contributed by atoms with Crippen LogP contribution >= 0.6 is 11.6 Å². The Morgan fingerprint density at radius 3 is 2.67 bits per heavy atom. The van der Waals surface area contributed by atoms with Crippen LogP contribution in [0.3, 0.4) is 0 Å². The Kier molecular flexibility index (Phi) is 4.67. The number of rotatable bonds is 5. The van der Waals surface area contributed by atoms with Gasteiger partial charge in [-0.1, -0.05) is 29.8 Å². The molecular formula is C13H17ClN4O2S. The second-order valence-electron chi connectivity index (χ2n) is 4.69. The van der Waals surface area contributed by atoms with Gasteiger partial charge in [-0.3, -0.25) is 5.10 Å². The number of hydrogen-bond acceptors (Lipinski definition) is 4. The van der Waals surface area contributed by atoms with Crippen LogP contribution in [0.1, 0.15) is 16.8 Å². The summed E-state index contributed by atoms with van der Waals surface area (Å²) in [6.45, 7) is 2.01. The van der Waals surface area contributed by atoms with Gasteiger partial charge in [-0.25, -0.2) is 8.42 Å². The number of benzene rings is 1. The van der Waals surface area contributed by atoms with Gasteiger partial charge in [0.15, 0.2) is 5.03 Å². The minimum Gasteiger partial charge on any atom is -0.326 e. The molecule has 0 aliphatic carbocycles. The molecule has 8 heteroatoms. The number of aromatic amines is 1. The smallest absolute Gasteiger partial charge is 0.262 e. The van der Waals surface area contributed by atoms with E-state index >= 15 is 0 Å². The predicted molar refractivity (Wildman–Crippen MR) is 81.3 cm³/mol. The Bertz CT molecular complexity index is 742. The number of H-pyrrole nitrogens is 1. The van der Waals surface area contributed by atoms with Crippen LogP contribution in [-0.4, -0.2) is 30.0 Å². The normalized spacial score (nSPS) is 12.0. The number of aryl methyl sites for hydroxylation is 1. The van der Waals surface area contributed by atoms with E-state index in [2.05, 4.69) is 10.2 Å². The van der Waals surface area contributed by atoms with Crippen LogP contribution in [0.15, 0.2) is 29.3 Å². The molecule has 0 aliphatic rings. The Balaban J connectivity index is 2.33. The summed E-state index contributed by atoms with van der Waals surface area (Å²) < 4.78 is 26.4. The highest BCUT2D eigenvalue weighted by molar-refractivity contribution is 7.89. The van der Waals surface area contributed by atoms with Gasteiger partial charge in [0, 0.05) is 36.4 Å². The second kappa shape index (κ2) is 6.15. The third-order valence-electron chi connectivity index (χ3n) is 3.25. The maximum atomic E-state index is 12.6. The highest BCUT2D eigenvalue weighted by Crippen LogP contribution is 2.23. The molecule has 0 saturated carbocycles. The summed E-state index contributed by atoms with van der Waals surface area (Å²) in [4.78, 5) is 0. The van der Waals surface area contributed by atoms with Gasteiger partial charge in [0.25, 0.3) is 10.0 Å². The van der Waals surface area contributed by atoms with Crippen molar-refractivity contribution in [3.05, 3.63) is 46.1 Å². The van der Waals surface area contributed by atoms with E-state index in [4.69, 9.17) is 17.3 Å². The lowest BCUT2D eigenvalue weighted by molar-refractivity contribution is 0.463. The molecule has 2 rings (SSSR count). The molecule has 21 heavy (non-hydrogen) atoms. The Morgan fingerprint density at radius 1 is 1.38 bits per heavy atom. The van der Waals surface area contributed by atoms with E-state index in [1.54, 1.807) is 25.1 Å². The molecule has 3 N–H and O–H groups in total. The topological polar surface area (TPSA) is 92.1 Å². The van der Waals surface area contributed by atoms with Gasteiger partial charge in [0.2, 0.25) is 0 Å². The maximum absolute atomic E-state index is 12.6. The van der Waals surface area contributed by atoms with Crippen LogP contribution in [0.5, 0.6) is 0 Å². The third kappa shape index (κ3) is 3.11. The van der Waals surface area contributed by atoms with Gasteiger partial charge < -0.3 is 5.73 Å². The van der Waals surface area contributed by atoms with Gasteiger partial charge in [-0.2, -0.15) is 9.40 Å². The Labute approximate surface area is 129 Å². The molecule has 1 heterocycles. The van der Waals surface area contributed by atoms with E-state index in [1.165, 1.54) is 11.4 Å². The van der Waals surface area contributed by atoms with E-state index in [0.717, 1.165) is 5.56 Å². The molecule has 0 unspecified atom stereocenters. The van der Waals surface area contributed by atoms with Crippen molar-refractivity contribution in [1.29, 1.82) is 0 Å². The lowest BCUT2D eigenvalue weighted by Gasteiger charge is -2.17. The number of sulfonamides is 1. The molecule has 1 aromatic heterocycles. The van der Waals surface area contributed by atoms with Gasteiger partial charge in [0.1, 0.15) is 0 Å². The van der Waals surface area contributed by atoms with E-state index < -0.39 is 10.0 Å². The molecule has 0 atom stereocenters. The number of aromatic nitrogens is 2. The molecule has 0 spiro atoms. The van der Waals surface area contributed by atoms with Crippen molar-refractivity contribution in [2.75, 3.05) is 7.05 Å². The van der Waals surface area contributed by atoms with Crippen LogP contribution in [0.4, 0.5) is 0 Å². The van der Waals surface area contributed by atoms with Crippen molar-refractivity contribution in [3.8, 4) is 0 Å². The first-order chi connectivity index (χ1) is 9.87. The molecule has 0 radical (unpaired) electrons. The maximum Gasteiger partial charge on any atom is 0.262 e. The SMILES string of the molecule is Cc1[nH]nc(S(=O)(=O)N(C)Cc2ccccc2Cl)c1CN. The Hall–Kier alpha value is -1.41. The van der Waals surface area contributed by atoms with Crippen molar-refractivity contribution in [1.82, 2.24) is 14.5 Å². The highest BCUT2D eigenvalue weighted by atomic mass is 35.5. The molecule has 0 saturated heterocycles. The van der Waals surface area contributed by atoms with Crippen LogP contribution in [0.25, 0.3) is 0 Å². The van der Waals surface area contributed by atoms with Crippen molar-refractivity contribution in [2.24, 2.45) is 5.73 Å². The minimum absolute atomic E-state index is 0.0305. The number of nitrogens with two attached hydrogens (primary N) is 1. The van der Waals surface area contributed by atoms with E-state index in [9.17, 15) is 8.42 Å². The van der Waals surface area contributed by atoms with Gasteiger partial charge in [-0.15, -0.1) is 0 Å². The number of halogens is 1. The largest absolute Gasteiger partial charge is 0.326 e.